The lowest BCUT2D eigenvalue weighted by molar-refractivity contribution is 0.186. The van der Waals surface area contributed by atoms with Crippen LogP contribution < -0.4 is 0 Å². The van der Waals surface area contributed by atoms with E-state index in [4.69, 9.17) is 17.0 Å². The van der Waals surface area contributed by atoms with Gasteiger partial charge < -0.3 is 9.30 Å². The molecule has 0 amide bonds. The van der Waals surface area contributed by atoms with Crippen molar-refractivity contribution in [2.45, 2.75) is 39.2 Å². The Kier molecular flexibility index (Phi) is 5.57. The zero-order chi connectivity index (χ0) is 11.1. The van der Waals surface area contributed by atoms with Gasteiger partial charge in [0.25, 0.3) is 0 Å². The van der Waals surface area contributed by atoms with Crippen LogP contribution in [-0.2, 0) is 17.7 Å². The molecule has 0 aliphatic rings. The second kappa shape index (κ2) is 6.74. The standard InChI is InChI=1S/C10H19N3OS/c1-3-4-5-6-9-11-12-10(15)13(9)7-8-14-2/h3-8H2,1-2H3,(H,12,15). The molecule has 1 N–H and O–H groups in total. The Morgan fingerprint density at radius 1 is 1.47 bits per heavy atom. The number of aryl methyl sites for hydroxylation is 1. The van der Waals surface area contributed by atoms with Gasteiger partial charge in [-0.3, -0.25) is 5.10 Å². The van der Waals surface area contributed by atoms with E-state index in [0.29, 0.717) is 11.4 Å². The third-order valence-corrected chi connectivity index (χ3v) is 2.67. The molecule has 86 valence electrons. The minimum absolute atomic E-state index is 0.675. The minimum atomic E-state index is 0.675. The zero-order valence-electron chi connectivity index (χ0n) is 9.45. The first-order valence-corrected chi connectivity index (χ1v) is 5.83. The van der Waals surface area contributed by atoms with Crippen LogP contribution in [0.2, 0.25) is 0 Å². The first kappa shape index (κ1) is 12.4. The van der Waals surface area contributed by atoms with Gasteiger partial charge in [-0.25, -0.2) is 0 Å². The van der Waals surface area contributed by atoms with Crippen molar-refractivity contribution in [1.29, 1.82) is 0 Å². The molecule has 0 fully saturated rings. The highest BCUT2D eigenvalue weighted by Gasteiger charge is 2.04. The molecule has 5 heteroatoms. The van der Waals surface area contributed by atoms with Crippen molar-refractivity contribution in [3.05, 3.63) is 10.6 Å². The predicted octanol–water partition coefficient (Wildman–Crippen LogP) is 2.32. The lowest BCUT2D eigenvalue weighted by Gasteiger charge is -2.05. The van der Waals surface area contributed by atoms with Crippen LogP contribution >= 0.6 is 12.2 Å². The SMILES string of the molecule is CCCCCc1n[nH]c(=S)n1CCOC. The predicted molar refractivity (Wildman–Crippen MR) is 62.5 cm³/mol. The fraction of sp³-hybridized carbons (Fsp3) is 0.800. The number of nitrogens with zero attached hydrogens (tertiary/aromatic N) is 2. The molecule has 1 aromatic heterocycles. The van der Waals surface area contributed by atoms with Crippen molar-refractivity contribution >= 4 is 12.2 Å². The number of nitrogens with one attached hydrogen (secondary N) is 1. The molecule has 0 saturated carbocycles. The van der Waals surface area contributed by atoms with Crippen molar-refractivity contribution in [3.63, 3.8) is 0 Å². The maximum absolute atomic E-state index is 5.15. The monoisotopic (exact) mass is 229 g/mol. The number of aromatic amines is 1. The number of ether oxygens (including phenoxy) is 1. The first-order chi connectivity index (χ1) is 7.29. The van der Waals surface area contributed by atoms with E-state index in [1.165, 1.54) is 19.3 Å². The van der Waals surface area contributed by atoms with Crippen LogP contribution in [0.4, 0.5) is 0 Å². The van der Waals surface area contributed by atoms with E-state index in [1.807, 2.05) is 4.57 Å². The highest BCUT2D eigenvalue weighted by Crippen LogP contribution is 2.05. The Bertz CT molecular complexity index is 332. The van der Waals surface area contributed by atoms with Crippen LogP contribution in [0.1, 0.15) is 32.0 Å². The second-order valence-corrected chi connectivity index (χ2v) is 3.93. The van der Waals surface area contributed by atoms with E-state index in [2.05, 4.69) is 17.1 Å². The molecular weight excluding hydrogens is 210 g/mol. The van der Waals surface area contributed by atoms with Crippen LogP contribution in [0.3, 0.4) is 0 Å². The minimum Gasteiger partial charge on any atom is -0.383 e. The van der Waals surface area contributed by atoms with Crippen molar-refractivity contribution in [3.8, 4) is 0 Å². The zero-order valence-corrected chi connectivity index (χ0v) is 10.3. The molecule has 0 saturated heterocycles. The fourth-order valence-corrected chi connectivity index (χ4v) is 1.73. The molecule has 1 rings (SSSR count). The molecule has 0 bridgehead atoms. The number of rotatable bonds is 7. The summed E-state index contributed by atoms with van der Waals surface area (Å²) in [4.78, 5) is 0. The summed E-state index contributed by atoms with van der Waals surface area (Å²) in [5.41, 5.74) is 0. The number of H-pyrrole nitrogens is 1. The van der Waals surface area contributed by atoms with Gasteiger partial charge in [-0.05, 0) is 18.6 Å². The molecule has 1 heterocycles. The van der Waals surface area contributed by atoms with Crippen LogP contribution in [0.5, 0.6) is 0 Å². The molecule has 1 aromatic rings. The number of methoxy groups -OCH3 is 1. The van der Waals surface area contributed by atoms with E-state index < -0.39 is 0 Å². The summed E-state index contributed by atoms with van der Waals surface area (Å²) in [5.74, 6) is 1.05. The molecule has 0 radical (unpaired) electrons. The van der Waals surface area contributed by atoms with Gasteiger partial charge in [0, 0.05) is 20.1 Å². The lowest BCUT2D eigenvalue weighted by Crippen LogP contribution is -2.08. The maximum atomic E-state index is 5.15. The van der Waals surface area contributed by atoms with E-state index in [9.17, 15) is 0 Å². The summed E-state index contributed by atoms with van der Waals surface area (Å²) in [6.45, 7) is 3.66. The average Bonchev–Trinajstić information content (AvgIpc) is 2.58. The molecule has 0 aliphatic carbocycles. The van der Waals surface area contributed by atoms with Gasteiger partial charge in [0.05, 0.1) is 6.61 Å². The van der Waals surface area contributed by atoms with Gasteiger partial charge in [0.1, 0.15) is 5.82 Å². The fourth-order valence-electron chi connectivity index (χ4n) is 1.49. The average molecular weight is 229 g/mol. The summed E-state index contributed by atoms with van der Waals surface area (Å²) in [6, 6.07) is 0. The van der Waals surface area contributed by atoms with E-state index in [1.54, 1.807) is 7.11 Å². The van der Waals surface area contributed by atoms with Gasteiger partial charge in [-0.15, -0.1) is 0 Å². The highest BCUT2D eigenvalue weighted by molar-refractivity contribution is 7.71. The van der Waals surface area contributed by atoms with Crippen LogP contribution in [0, 0.1) is 4.77 Å². The van der Waals surface area contributed by atoms with E-state index in [-0.39, 0.29) is 0 Å². The summed E-state index contributed by atoms with van der Waals surface area (Å²) < 4.78 is 7.76. The molecule has 0 unspecified atom stereocenters. The third kappa shape index (κ3) is 3.76. The normalized spacial score (nSPS) is 10.8. The number of hydrogen-bond acceptors (Lipinski definition) is 3. The lowest BCUT2D eigenvalue weighted by atomic mass is 10.2. The summed E-state index contributed by atoms with van der Waals surface area (Å²) in [7, 11) is 1.69. The Labute approximate surface area is 95.7 Å². The molecule has 4 nitrogen and oxygen atoms in total. The van der Waals surface area contributed by atoms with Gasteiger partial charge in [-0.1, -0.05) is 19.8 Å². The van der Waals surface area contributed by atoms with Crippen LogP contribution in [-0.4, -0.2) is 28.5 Å². The van der Waals surface area contributed by atoms with Gasteiger partial charge in [0.2, 0.25) is 0 Å². The molecule has 0 aliphatic heterocycles. The number of hydrogen-bond donors (Lipinski definition) is 1. The maximum Gasteiger partial charge on any atom is 0.195 e. The molecule has 0 atom stereocenters. The van der Waals surface area contributed by atoms with E-state index >= 15 is 0 Å². The van der Waals surface area contributed by atoms with Crippen LogP contribution in [0.15, 0.2) is 0 Å². The van der Waals surface area contributed by atoms with Gasteiger partial charge in [-0.2, -0.15) is 5.10 Å². The number of unbranched alkanes of at least 4 members (excludes halogenated alkanes) is 2. The Morgan fingerprint density at radius 2 is 2.27 bits per heavy atom. The highest BCUT2D eigenvalue weighted by atomic mass is 32.1. The molecular formula is C10H19N3OS. The summed E-state index contributed by atoms with van der Waals surface area (Å²) in [5, 5.41) is 7.06. The van der Waals surface area contributed by atoms with Crippen LogP contribution in [0.25, 0.3) is 0 Å². The quantitative estimate of drug-likeness (QED) is 0.576. The Hall–Kier alpha value is -0.680. The first-order valence-electron chi connectivity index (χ1n) is 5.42. The topological polar surface area (TPSA) is 42.8 Å². The van der Waals surface area contributed by atoms with Crippen molar-refractivity contribution in [2.75, 3.05) is 13.7 Å². The smallest absolute Gasteiger partial charge is 0.195 e. The Morgan fingerprint density at radius 3 is 2.93 bits per heavy atom. The third-order valence-electron chi connectivity index (χ3n) is 2.36. The second-order valence-electron chi connectivity index (χ2n) is 3.55. The molecule has 15 heavy (non-hydrogen) atoms. The summed E-state index contributed by atoms with van der Waals surface area (Å²) >= 11 is 5.15. The number of aromatic nitrogens is 3. The largest absolute Gasteiger partial charge is 0.383 e. The van der Waals surface area contributed by atoms with Gasteiger partial charge >= 0.3 is 0 Å². The van der Waals surface area contributed by atoms with Crippen molar-refractivity contribution < 1.29 is 4.74 Å². The summed E-state index contributed by atoms with van der Waals surface area (Å²) in [6.07, 6.45) is 4.63. The molecule has 0 aromatic carbocycles. The van der Waals surface area contributed by atoms with Crippen molar-refractivity contribution in [2.24, 2.45) is 0 Å². The van der Waals surface area contributed by atoms with Crippen molar-refractivity contribution in [1.82, 2.24) is 14.8 Å². The Balaban J connectivity index is 2.58. The van der Waals surface area contributed by atoms with E-state index in [0.717, 1.165) is 18.8 Å². The van der Waals surface area contributed by atoms with Gasteiger partial charge in [0.15, 0.2) is 4.77 Å². The molecule has 0 spiro atoms.